The molecule has 172 valence electrons. The third-order valence-electron chi connectivity index (χ3n) is 4.97. The van der Waals surface area contributed by atoms with Gasteiger partial charge in [0.25, 0.3) is 5.91 Å². The lowest BCUT2D eigenvalue weighted by Gasteiger charge is -2.26. The van der Waals surface area contributed by atoms with Crippen LogP contribution in [0.1, 0.15) is 24.8 Å². The average molecular weight is 462 g/mol. The molecule has 0 aromatic heterocycles. The van der Waals surface area contributed by atoms with E-state index in [0.717, 1.165) is 19.3 Å². The van der Waals surface area contributed by atoms with E-state index >= 15 is 0 Å². The molecule has 10 heteroatoms. The second-order valence-electron chi connectivity index (χ2n) is 7.16. The van der Waals surface area contributed by atoms with Crippen molar-refractivity contribution < 1.29 is 27.5 Å². The number of methoxy groups -OCH3 is 2. The maximum atomic E-state index is 12.8. The van der Waals surface area contributed by atoms with E-state index in [-0.39, 0.29) is 11.5 Å². The number of piperidine rings is 1. The van der Waals surface area contributed by atoms with E-state index < -0.39 is 15.9 Å². The summed E-state index contributed by atoms with van der Waals surface area (Å²) in [6.45, 7) is 0.692. The molecular weight excluding hydrogens is 434 g/mol. The van der Waals surface area contributed by atoms with E-state index in [2.05, 4.69) is 10.5 Å². The van der Waals surface area contributed by atoms with Crippen LogP contribution in [0.2, 0.25) is 0 Å². The van der Waals surface area contributed by atoms with Crippen LogP contribution in [0.3, 0.4) is 0 Å². The zero-order valence-corrected chi connectivity index (χ0v) is 18.9. The van der Waals surface area contributed by atoms with Crippen molar-refractivity contribution in [1.82, 2.24) is 4.31 Å². The number of nitrogens with zero attached hydrogens (tertiary/aromatic N) is 2. The normalized spacial score (nSPS) is 14.8. The van der Waals surface area contributed by atoms with Crippen LogP contribution < -0.4 is 14.8 Å². The standard InChI is InChI=1S/C22H27N3O6S/c1-29-19-9-10-21(30-2)17(13-19)15-23-31-16-22(26)24-18-7-6-8-20(14-18)32(27,28)25-11-4-3-5-12-25/h6-10,13-15H,3-5,11-12,16H2,1-2H3,(H,24,26)/b23-15+. The number of sulfonamides is 1. The predicted molar refractivity (Wildman–Crippen MR) is 121 cm³/mol. The molecule has 1 amide bonds. The fraction of sp³-hybridized carbons (Fsp3) is 0.364. The van der Waals surface area contributed by atoms with Crippen molar-refractivity contribution in [3.63, 3.8) is 0 Å². The first-order chi connectivity index (χ1) is 15.4. The topological polar surface area (TPSA) is 107 Å². The molecule has 0 bridgehead atoms. The third-order valence-corrected chi connectivity index (χ3v) is 6.86. The van der Waals surface area contributed by atoms with Crippen LogP contribution in [0.4, 0.5) is 5.69 Å². The molecule has 3 rings (SSSR count). The Hall–Kier alpha value is -3.11. The Bertz CT molecular complexity index is 1070. The van der Waals surface area contributed by atoms with Crippen molar-refractivity contribution >= 4 is 27.8 Å². The lowest BCUT2D eigenvalue weighted by atomic mass is 10.2. The zero-order valence-electron chi connectivity index (χ0n) is 18.1. The van der Waals surface area contributed by atoms with Crippen molar-refractivity contribution in [1.29, 1.82) is 0 Å². The van der Waals surface area contributed by atoms with E-state index in [1.165, 1.54) is 29.8 Å². The number of ether oxygens (including phenoxy) is 2. The largest absolute Gasteiger partial charge is 0.497 e. The molecule has 2 aromatic carbocycles. The van der Waals surface area contributed by atoms with Crippen molar-refractivity contribution in [3.8, 4) is 11.5 Å². The second-order valence-corrected chi connectivity index (χ2v) is 9.09. The van der Waals surface area contributed by atoms with Gasteiger partial charge in [-0.05, 0) is 49.2 Å². The van der Waals surface area contributed by atoms with Gasteiger partial charge in [-0.25, -0.2) is 8.42 Å². The second kappa shape index (κ2) is 11.0. The Morgan fingerprint density at radius 3 is 2.59 bits per heavy atom. The lowest BCUT2D eigenvalue weighted by molar-refractivity contribution is -0.120. The molecule has 0 unspecified atom stereocenters. The number of carbonyl (C=O) groups is 1. The first kappa shape index (κ1) is 23.6. The molecule has 1 N–H and O–H groups in total. The minimum Gasteiger partial charge on any atom is -0.497 e. The van der Waals surface area contributed by atoms with Crippen molar-refractivity contribution in [3.05, 3.63) is 48.0 Å². The highest BCUT2D eigenvalue weighted by Crippen LogP contribution is 2.23. The third kappa shape index (κ3) is 5.98. The maximum Gasteiger partial charge on any atom is 0.265 e. The van der Waals surface area contributed by atoms with Gasteiger partial charge in [-0.3, -0.25) is 4.79 Å². The van der Waals surface area contributed by atoms with E-state index in [1.807, 2.05) is 0 Å². The first-order valence-electron chi connectivity index (χ1n) is 10.2. The zero-order chi connectivity index (χ0) is 23.0. The van der Waals surface area contributed by atoms with Crippen LogP contribution >= 0.6 is 0 Å². The van der Waals surface area contributed by atoms with Gasteiger partial charge in [0.1, 0.15) is 11.5 Å². The molecule has 0 aliphatic carbocycles. The Kier molecular flexibility index (Phi) is 8.07. The minimum absolute atomic E-state index is 0.154. The highest BCUT2D eigenvalue weighted by molar-refractivity contribution is 7.89. The number of nitrogens with one attached hydrogen (secondary N) is 1. The van der Waals surface area contributed by atoms with E-state index in [1.54, 1.807) is 37.4 Å². The van der Waals surface area contributed by atoms with Crippen LogP contribution in [0.5, 0.6) is 11.5 Å². The molecule has 1 heterocycles. The number of benzene rings is 2. The molecular formula is C22H27N3O6S. The van der Waals surface area contributed by atoms with E-state index in [4.69, 9.17) is 14.3 Å². The van der Waals surface area contributed by atoms with Crippen LogP contribution in [-0.4, -0.2) is 58.8 Å². The Labute approximate surface area is 188 Å². The van der Waals surface area contributed by atoms with Gasteiger partial charge in [0, 0.05) is 24.3 Å². The minimum atomic E-state index is -3.58. The van der Waals surface area contributed by atoms with Crippen LogP contribution in [0, 0.1) is 0 Å². The SMILES string of the molecule is COc1ccc(OC)c(/C=N/OCC(=O)Nc2cccc(S(=O)(=O)N3CCCCC3)c2)c1. The Balaban J connectivity index is 1.58. The summed E-state index contributed by atoms with van der Waals surface area (Å²) in [6.07, 6.45) is 4.17. The van der Waals surface area contributed by atoms with Crippen molar-refractivity contribution in [2.24, 2.45) is 5.16 Å². The van der Waals surface area contributed by atoms with Gasteiger partial charge in [-0.2, -0.15) is 4.31 Å². The summed E-state index contributed by atoms with van der Waals surface area (Å²) in [7, 11) is -0.492. The molecule has 0 radical (unpaired) electrons. The number of amides is 1. The number of carbonyl (C=O) groups excluding carboxylic acids is 1. The van der Waals surface area contributed by atoms with Crippen LogP contribution in [0.25, 0.3) is 0 Å². The molecule has 9 nitrogen and oxygen atoms in total. The summed E-state index contributed by atoms with van der Waals surface area (Å²) in [5.41, 5.74) is 0.998. The number of hydrogen-bond donors (Lipinski definition) is 1. The monoisotopic (exact) mass is 461 g/mol. The highest BCUT2D eigenvalue weighted by atomic mass is 32.2. The lowest BCUT2D eigenvalue weighted by Crippen LogP contribution is -2.35. The van der Waals surface area contributed by atoms with Crippen molar-refractivity contribution in [2.45, 2.75) is 24.2 Å². The smallest absolute Gasteiger partial charge is 0.265 e. The summed E-state index contributed by atoms with van der Waals surface area (Å²) in [6, 6.07) is 11.4. The molecule has 1 saturated heterocycles. The van der Waals surface area contributed by atoms with Gasteiger partial charge in [-0.1, -0.05) is 17.6 Å². The Morgan fingerprint density at radius 2 is 1.88 bits per heavy atom. The summed E-state index contributed by atoms with van der Waals surface area (Å²) in [5, 5.41) is 6.43. The molecule has 0 atom stereocenters. The van der Waals surface area contributed by atoms with E-state index in [9.17, 15) is 13.2 Å². The van der Waals surface area contributed by atoms with Crippen LogP contribution in [0.15, 0.2) is 52.5 Å². The van der Waals surface area contributed by atoms with Gasteiger partial charge < -0.3 is 19.6 Å². The van der Waals surface area contributed by atoms with Crippen LogP contribution in [-0.2, 0) is 19.7 Å². The van der Waals surface area contributed by atoms with Gasteiger partial charge in [-0.15, -0.1) is 0 Å². The Morgan fingerprint density at radius 1 is 1.09 bits per heavy atom. The fourth-order valence-corrected chi connectivity index (χ4v) is 4.88. The quantitative estimate of drug-likeness (QED) is 0.455. The summed E-state index contributed by atoms with van der Waals surface area (Å²) in [5.74, 6) is 0.742. The van der Waals surface area contributed by atoms with Gasteiger partial charge in [0.05, 0.1) is 25.3 Å². The van der Waals surface area contributed by atoms with E-state index in [0.29, 0.717) is 35.8 Å². The molecule has 2 aromatic rings. The molecule has 1 aliphatic heterocycles. The molecule has 1 aliphatic rings. The molecule has 0 spiro atoms. The van der Waals surface area contributed by atoms with Gasteiger partial charge in [0.2, 0.25) is 10.0 Å². The highest BCUT2D eigenvalue weighted by Gasteiger charge is 2.26. The molecule has 0 saturated carbocycles. The fourth-order valence-electron chi connectivity index (χ4n) is 3.32. The average Bonchev–Trinajstić information content (AvgIpc) is 2.82. The van der Waals surface area contributed by atoms with Gasteiger partial charge in [0.15, 0.2) is 6.61 Å². The summed E-state index contributed by atoms with van der Waals surface area (Å²) >= 11 is 0. The first-order valence-corrected chi connectivity index (χ1v) is 11.7. The number of rotatable bonds is 9. The summed E-state index contributed by atoms with van der Waals surface area (Å²) in [4.78, 5) is 17.4. The summed E-state index contributed by atoms with van der Waals surface area (Å²) < 4.78 is 37.5. The van der Waals surface area contributed by atoms with Gasteiger partial charge >= 0.3 is 0 Å². The molecule has 1 fully saturated rings. The molecule has 32 heavy (non-hydrogen) atoms. The van der Waals surface area contributed by atoms with Crippen molar-refractivity contribution in [2.75, 3.05) is 39.2 Å². The predicted octanol–water partition coefficient (Wildman–Crippen LogP) is 2.87. The maximum absolute atomic E-state index is 12.8. The number of anilines is 1. The number of oxime groups is 1. The number of hydrogen-bond acceptors (Lipinski definition) is 7.